The molecular weight excluding hydrogens is 164 g/mol. The molecule has 0 atom stereocenters. The van der Waals surface area contributed by atoms with E-state index in [4.69, 9.17) is 11.1 Å². The fourth-order valence-electron chi connectivity index (χ4n) is 1.29. The highest BCUT2D eigenvalue weighted by Gasteiger charge is 2.01. The summed E-state index contributed by atoms with van der Waals surface area (Å²) in [5, 5.41) is 7.28. The molecule has 0 aliphatic carbocycles. The highest BCUT2D eigenvalue weighted by atomic mass is 15.0. The van der Waals surface area contributed by atoms with E-state index in [9.17, 15) is 0 Å². The summed E-state index contributed by atoms with van der Waals surface area (Å²) in [6.45, 7) is 1.93. The van der Waals surface area contributed by atoms with Crippen molar-refractivity contribution in [3.05, 3.63) is 35.9 Å². The van der Waals surface area contributed by atoms with E-state index in [0.717, 1.165) is 16.8 Å². The number of hydrogen-bond acceptors (Lipinski definition) is 2. The van der Waals surface area contributed by atoms with Crippen molar-refractivity contribution >= 4 is 11.4 Å². The van der Waals surface area contributed by atoms with Crippen molar-refractivity contribution < 1.29 is 0 Å². The molecule has 0 amide bonds. The first kappa shape index (κ1) is 7.79. The van der Waals surface area contributed by atoms with Crippen molar-refractivity contribution in [2.45, 2.75) is 6.92 Å². The number of imidazole rings is 1. The average Bonchev–Trinajstić information content (AvgIpc) is 2.47. The lowest BCUT2D eigenvalue weighted by molar-refractivity contribution is 1.15. The van der Waals surface area contributed by atoms with Crippen molar-refractivity contribution in [1.82, 2.24) is 9.38 Å². The summed E-state index contributed by atoms with van der Waals surface area (Å²) in [4.78, 5) is 4.15. The van der Waals surface area contributed by atoms with Crippen LogP contribution in [0.5, 0.6) is 0 Å². The molecule has 66 valence electrons. The summed E-state index contributed by atoms with van der Waals surface area (Å²) in [6.07, 6.45) is 3.60. The molecule has 0 aromatic carbocycles. The minimum atomic E-state index is 0.0862. The molecule has 13 heavy (non-hydrogen) atoms. The van der Waals surface area contributed by atoms with Crippen molar-refractivity contribution in [2.75, 3.05) is 0 Å². The van der Waals surface area contributed by atoms with Gasteiger partial charge in [-0.05, 0) is 19.1 Å². The van der Waals surface area contributed by atoms with Gasteiger partial charge in [0.1, 0.15) is 5.84 Å². The van der Waals surface area contributed by atoms with Gasteiger partial charge < -0.3 is 10.1 Å². The van der Waals surface area contributed by atoms with Crippen LogP contribution in [-0.2, 0) is 0 Å². The molecule has 2 rings (SSSR count). The highest BCUT2D eigenvalue weighted by molar-refractivity contribution is 5.96. The van der Waals surface area contributed by atoms with E-state index in [1.54, 1.807) is 12.4 Å². The maximum Gasteiger partial charge on any atom is 0.122 e. The monoisotopic (exact) mass is 174 g/mol. The number of rotatable bonds is 1. The number of fused-ring (bicyclic) bond motifs is 1. The van der Waals surface area contributed by atoms with Crippen LogP contribution in [0.3, 0.4) is 0 Å². The van der Waals surface area contributed by atoms with Gasteiger partial charge in [-0.2, -0.15) is 0 Å². The number of amidine groups is 1. The number of hydrogen-bond donors (Lipinski definition) is 2. The van der Waals surface area contributed by atoms with Crippen LogP contribution in [-0.4, -0.2) is 15.2 Å². The maximum absolute atomic E-state index is 7.28. The summed E-state index contributed by atoms with van der Waals surface area (Å²) < 4.78 is 1.90. The molecule has 4 heteroatoms. The zero-order valence-corrected chi connectivity index (χ0v) is 7.28. The summed E-state index contributed by atoms with van der Waals surface area (Å²) in [5.74, 6) is 0.0862. The minimum Gasteiger partial charge on any atom is -0.384 e. The number of nitrogen functional groups attached to an aromatic ring is 1. The van der Waals surface area contributed by atoms with Gasteiger partial charge in [0.15, 0.2) is 0 Å². The minimum absolute atomic E-state index is 0.0862. The van der Waals surface area contributed by atoms with E-state index in [1.807, 2.05) is 23.6 Å². The fraction of sp³-hybridized carbons (Fsp3) is 0.111. The summed E-state index contributed by atoms with van der Waals surface area (Å²) in [6, 6.07) is 3.67. The van der Waals surface area contributed by atoms with Crippen LogP contribution in [0.4, 0.5) is 0 Å². The Labute approximate surface area is 75.5 Å². The SMILES string of the molecule is Cc1ncn2ccc(C(=N)N)cc12. The van der Waals surface area contributed by atoms with Crippen LogP contribution in [0.25, 0.3) is 5.52 Å². The van der Waals surface area contributed by atoms with E-state index in [-0.39, 0.29) is 5.84 Å². The van der Waals surface area contributed by atoms with Crippen LogP contribution >= 0.6 is 0 Å². The highest BCUT2D eigenvalue weighted by Crippen LogP contribution is 2.10. The van der Waals surface area contributed by atoms with Gasteiger partial charge in [0.25, 0.3) is 0 Å². The number of pyridine rings is 1. The Morgan fingerprint density at radius 3 is 3.08 bits per heavy atom. The van der Waals surface area contributed by atoms with E-state index in [0.29, 0.717) is 0 Å². The predicted octanol–water partition coefficient (Wildman–Crippen LogP) is 0.927. The molecule has 0 aliphatic heterocycles. The first-order valence-electron chi connectivity index (χ1n) is 3.96. The zero-order valence-electron chi connectivity index (χ0n) is 7.28. The Kier molecular flexibility index (Phi) is 1.55. The van der Waals surface area contributed by atoms with E-state index in [1.165, 1.54) is 0 Å². The van der Waals surface area contributed by atoms with Crippen LogP contribution in [0.2, 0.25) is 0 Å². The Morgan fingerprint density at radius 2 is 2.38 bits per heavy atom. The Balaban J connectivity index is 2.72. The molecule has 0 radical (unpaired) electrons. The number of aromatic nitrogens is 2. The topological polar surface area (TPSA) is 67.2 Å². The normalized spacial score (nSPS) is 10.5. The van der Waals surface area contributed by atoms with Gasteiger partial charge in [-0.15, -0.1) is 0 Å². The molecule has 2 aromatic heterocycles. The third-order valence-electron chi connectivity index (χ3n) is 2.04. The van der Waals surface area contributed by atoms with Crippen molar-refractivity contribution in [2.24, 2.45) is 5.73 Å². The largest absolute Gasteiger partial charge is 0.384 e. The zero-order chi connectivity index (χ0) is 9.42. The molecule has 2 heterocycles. The smallest absolute Gasteiger partial charge is 0.122 e. The van der Waals surface area contributed by atoms with Gasteiger partial charge in [-0.3, -0.25) is 5.41 Å². The average molecular weight is 174 g/mol. The molecule has 0 saturated carbocycles. The van der Waals surface area contributed by atoms with Crippen molar-refractivity contribution in [3.8, 4) is 0 Å². The molecule has 2 aromatic rings. The Morgan fingerprint density at radius 1 is 1.62 bits per heavy atom. The van der Waals surface area contributed by atoms with Gasteiger partial charge in [0, 0.05) is 11.8 Å². The molecule has 3 N–H and O–H groups in total. The summed E-state index contributed by atoms with van der Waals surface area (Å²) in [7, 11) is 0. The van der Waals surface area contributed by atoms with Crippen LogP contribution in [0.15, 0.2) is 24.7 Å². The van der Waals surface area contributed by atoms with Gasteiger partial charge >= 0.3 is 0 Å². The second-order valence-corrected chi connectivity index (χ2v) is 2.95. The Hall–Kier alpha value is -1.84. The molecule has 0 bridgehead atoms. The molecule has 0 spiro atoms. The summed E-state index contributed by atoms with van der Waals surface area (Å²) in [5.41, 5.74) is 8.05. The lowest BCUT2D eigenvalue weighted by Crippen LogP contribution is -2.11. The molecule has 0 unspecified atom stereocenters. The molecule has 0 fully saturated rings. The van der Waals surface area contributed by atoms with Crippen LogP contribution in [0, 0.1) is 12.3 Å². The predicted molar refractivity (Wildman–Crippen MR) is 50.9 cm³/mol. The first-order valence-corrected chi connectivity index (χ1v) is 3.96. The van der Waals surface area contributed by atoms with Crippen LogP contribution < -0.4 is 5.73 Å². The second-order valence-electron chi connectivity index (χ2n) is 2.95. The molecule has 0 aliphatic rings. The van der Waals surface area contributed by atoms with E-state index < -0.39 is 0 Å². The number of nitrogens with two attached hydrogens (primary N) is 1. The van der Waals surface area contributed by atoms with Crippen molar-refractivity contribution in [1.29, 1.82) is 5.41 Å². The standard InChI is InChI=1S/C9H10N4/c1-6-8-4-7(9(10)11)2-3-13(8)5-12-6/h2-5H,1H3,(H3,10,11). The molecule has 4 nitrogen and oxygen atoms in total. The van der Waals surface area contributed by atoms with E-state index >= 15 is 0 Å². The lowest BCUT2D eigenvalue weighted by Gasteiger charge is -1.99. The number of nitrogens with one attached hydrogen (secondary N) is 1. The van der Waals surface area contributed by atoms with Gasteiger partial charge in [-0.1, -0.05) is 0 Å². The third-order valence-corrected chi connectivity index (χ3v) is 2.04. The number of nitrogens with zero attached hydrogens (tertiary/aromatic N) is 2. The third kappa shape index (κ3) is 1.16. The molecular formula is C9H10N4. The van der Waals surface area contributed by atoms with Crippen molar-refractivity contribution in [3.63, 3.8) is 0 Å². The number of aryl methyl sites for hydroxylation is 1. The Bertz CT molecular complexity index is 469. The maximum atomic E-state index is 7.28. The quantitative estimate of drug-likeness (QED) is 0.498. The van der Waals surface area contributed by atoms with E-state index in [2.05, 4.69) is 4.98 Å². The lowest BCUT2D eigenvalue weighted by atomic mass is 10.2. The second kappa shape index (κ2) is 2.58. The first-order chi connectivity index (χ1) is 6.18. The van der Waals surface area contributed by atoms with Crippen LogP contribution in [0.1, 0.15) is 11.3 Å². The molecule has 0 saturated heterocycles. The fourth-order valence-corrected chi connectivity index (χ4v) is 1.29. The van der Waals surface area contributed by atoms with Gasteiger partial charge in [0.05, 0.1) is 17.5 Å². The van der Waals surface area contributed by atoms with Gasteiger partial charge in [0.2, 0.25) is 0 Å². The van der Waals surface area contributed by atoms with Gasteiger partial charge in [-0.25, -0.2) is 4.98 Å². The summed E-state index contributed by atoms with van der Waals surface area (Å²) >= 11 is 0.